The highest BCUT2D eigenvalue weighted by Crippen LogP contribution is 2.25. The summed E-state index contributed by atoms with van der Waals surface area (Å²) in [7, 11) is 0. The van der Waals surface area contributed by atoms with E-state index in [4.69, 9.17) is 9.26 Å². The molecular weight excluding hydrogens is 338 g/mol. The predicted molar refractivity (Wildman–Crippen MR) is 97.4 cm³/mol. The number of carbonyl (C=O) groups is 1. The number of nitrogens with one attached hydrogen (secondary N) is 1. The maximum atomic E-state index is 11.9. The number of amides is 1. The van der Waals surface area contributed by atoms with E-state index in [1.807, 2.05) is 23.6 Å². The molecule has 3 rings (SSSR count). The molecule has 136 valence electrons. The summed E-state index contributed by atoms with van der Waals surface area (Å²) in [5, 5.41) is 8.87. The highest BCUT2D eigenvalue weighted by Gasteiger charge is 2.17. The summed E-state index contributed by atoms with van der Waals surface area (Å²) in [6, 6.07) is 6.41. The fourth-order valence-electron chi connectivity index (χ4n) is 3.04. The lowest BCUT2D eigenvalue weighted by Crippen LogP contribution is -2.43. The highest BCUT2D eigenvalue weighted by atomic mass is 32.1. The molecule has 0 aliphatic carbocycles. The Labute approximate surface area is 152 Å². The van der Waals surface area contributed by atoms with E-state index in [0.717, 1.165) is 23.7 Å². The number of carbonyl (C=O) groups excluding carboxylic acids is 1. The lowest BCUT2D eigenvalue weighted by Gasteiger charge is -2.33. The van der Waals surface area contributed by atoms with E-state index in [9.17, 15) is 4.79 Å². The third kappa shape index (κ3) is 5.39. The molecule has 2 aromatic heterocycles. The summed E-state index contributed by atoms with van der Waals surface area (Å²) in [4.78, 5) is 15.3. The summed E-state index contributed by atoms with van der Waals surface area (Å²) in [5.41, 5.74) is 0.693. The summed E-state index contributed by atoms with van der Waals surface area (Å²) < 4.78 is 10.7. The summed E-state index contributed by atoms with van der Waals surface area (Å²) in [5.74, 6) is 0.639. The van der Waals surface area contributed by atoms with E-state index < -0.39 is 0 Å². The summed E-state index contributed by atoms with van der Waals surface area (Å²) in [6.07, 6.45) is 3.82. The van der Waals surface area contributed by atoms with Gasteiger partial charge in [0.15, 0.2) is 5.76 Å². The smallest absolute Gasteiger partial charge is 0.246 e. The summed E-state index contributed by atoms with van der Waals surface area (Å²) >= 11 is 1.60. The van der Waals surface area contributed by atoms with Crippen molar-refractivity contribution in [2.75, 3.05) is 26.2 Å². The van der Waals surface area contributed by atoms with Gasteiger partial charge in [-0.1, -0.05) is 17.6 Å². The molecule has 0 spiro atoms. The minimum Gasteiger partial charge on any atom is -0.365 e. The fraction of sp³-hybridized carbons (Fsp3) is 0.556. The molecule has 1 aliphatic rings. The van der Waals surface area contributed by atoms with E-state index in [2.05, 4.69) is 22.3 Å². The molecular formula is C18H25N3O3S. The van der Waals surface area contributed by atoms with Crippen LogP contribution in [0.2, 0.25) is 0 Å². The zero-order chi connectivity index (χ0) is 17.5. The Bertz CT molecular complexity index is 656. The van der Waals surface area contributed by atoms with Crippen LogP contribution in [0.4, 0.5) is 0 Å². The highest BCUT2D eigenvalue weighted by molar-refractivity contribution is 7.13. The molecule has 7 heteroatoms. The number of ether oxygens (including phenoxy) is 1. The first-order valence-electron chi connectivity index (χ1n) is 8.80. The number of thiophene rings is 1. The van der Waals surface area contributed by atoms with Gasteiger partial charge in [0, 0.05) is 25.2 Å². The number of piperidine rings is 1. The lowest BCUT2D eigenvalue weighted by atomic mass is 10.0. The molecule has 1 aliphatic heterocycles. The van der Waals surface area contributed by atoms with Crippen molar-refractivity contribution in [1.82, 2.24) is 15.4 Å². The van der Waals surface area contributed by atoms with Gasteiger partial charge < -0.3 is 14.6 Å². The van der Waals surface area contributed by atoms with Crippen LogP contribution in [0.5, 0.6) is 0 Å². The molecule has 0 saturated carbocycles. The number of nitrogens with zero attached hydrogens (tertiary/aromatic N) is 2. The molecule has 1 atom stereocenters. The van der Waals surface area contributed by atoms with Crippen LogP contribution in [0.3, 0.4) is 0 Å². The molecule has 0 radical (unpaired) electrons. The van der Waals surface area contributed by atoms with Gasteiger partial charge in [0.25, 0.3) is 0 Å². The van der Waals surface area contributed by atoms with Crippen molar-refractivity contribution in [3.05, 3.63) is 29.3 Å². The maximum absolute atomic E-state index is 11.9. The molecule has 1 fully saturated rings. The number of rotatable bonds is 8. The van der Waals surface area contributed by atoms with E-state index in [1.165, 1.54) is 19.3 Å². The molecule has 0 unspecified atom stereocenters. The van der Waals surface area contributed by atoms with Crippen LogP contribution in [-0.4, -0.2) is 48.2 Å². The second kappa shape index (κ2) is 9.12. The molecule has 3 heterocycles. The predicted octanol–water partition coefficient (Wildman–Crippen LogP) is 2.91. The lowest BCUT2D eigenvalue weighted by molar-refractivity contribution is -0.126. The third-order valence-corrected chi connectivity index (χ3v) is 5.35. The van der Waals surface area contributed by atoms with Crippen LogP contribution in [0.1, 0.15) is 31.9 Å². The van der Waals surface area contributed by atoms with Gasteiger partial charge in [-0.15, -0.1) is 11.3 Å². The second-order valence-corrected chi connectivity index (χ2v) is 7.33. The first-order chi connectivity index (χ1) is 12.2. The monoisotopic (exact) mass is 363 g/mol. The van der Waals surface area contributed by atoms with Crippen molar-refractivity contribution in [2.45, 2.75) is 38.8 Å². The standard InChI is InChI=1S/C18H25N3O3S/c1-14-5-2-3-8-21(14)9-7-19-18(22)13-23-12-15-11-16(24-20-15)17-6-4-10-25-17/h4,6,10-11,14H,2-3,5,7-9,12-13H2,1H3,(H,19,22)/t14-/m1/s1. The van der Waals surface area contributed by atoms with Crippen LogP contribution in [0.15, 0.2) is 28.1 Å². The SMILES string of the molecule is C[C@@H]1CCCCN1CCNC(=O)COCc1cc(-c2cccs2)on1. The van der Waals surface area contributed by atoms with Gasteiger partial charge in [0.2, 0.25) is 5.91 Å². The van der Waals surface area contributed by atoms with Gasteiger partial charge in [-0.25, -0.2) is 0 Å². The Hall–Kier alpha value is -1.70. The molecule has 1 amide bonds. The molecule has 0 aromatic carbocycles. The van der Waals surface area contributed by atoms with Crippen molar-refractivity contribution < 1.29 is 14.1 Å². The number of hydrogen-bond acceptors (Lipinski definition) is 6. The quantitative estimate of drug-likeness (QED) is 0.781. The molecule has 1 saturated heterocycles. The summed E-state index contributed by atoms with van der Waals surface area (Å²) in [6.45, 7) is 5.26. The van der Waals surface area contributed by atoms with Crippen molar-refractivity contribution in [2.24, 2.45) is 0 Å². The van der Waals surface area contributed by atoms with Crippen LogP contribution < -0.4 is 5.32 Å². The van der Waals surface area contributed by atoms with Gasteiger partial charge in [0.05, 0.1) is 11.5 Å². The average Bonchev–Trinajstić information content (AvgIpc) is 3.28. The van der Waals surface area contributed by atoms with Gasteiger partial charge in [-0.2, -0.15) is 0 Å². The Kier molecular flexibility index (Phi) is 6.61. The van der Waals surface area contributed by atoms with Crippen LogP contribution in [0.25, 0.3) is 10.6 Å². The largest absolute Gasteiger partial charge is 0.365 e. The topological polar surface area (TPSA) is 67.6 Å². The van der Waals surface area contributed by atoms with E-state index >= 15 is 0 Å². The van der Waals surface area contributed by atoms with E-state index in [-0.39, 0.29) is 19.1 Å². The van der Waals surface area contributed by atoms with Crippen molar-refractivity contribution in [1.29, 1.82) is 0 Å². The van der Waals surface area contributed by atoms with Gasteiger partial charge in [0.1, 0.15) is 12.3 Å². The zero-order valence-electron chi connectivity index (χ0n) is 14.6. The number of hydrogen-bond donors (Lipinski definition) is 1. The second-order valence-electron chi connectivity index (χ2n) is 6.38. The molecule has 6 nitrogen and oxygen atoms in total. The minimum atomic E-state index is -0.0911. The normalized spacial score (nSPS) is 18.4. The number of likely N-dealkylation sites (tertiary alicyclic amines) is 1. The number of aromatic nitrogens is 1. The van der Waals surface area contributed by atoms with Crippen molar-refractivity contribution >= 4 is 17.2 Å². The molecule has 25 heavy (non-hydrogen) atoms. The molecule has 0 bridgehead atoms. The first-order valence-corrected chi connectivity index (χ1v) is 9.68. The molecule has 1 N–H and O–H groups in total. The van der Waals surface area contributed by atoms with Gasteiger partial charge in [-0.05, 0) is 37.8 Å². The van der Waals surface area contributed by atoms with E-state index in [1.54, 1.807) is 11.3 Å². The minimum absolute atomic E-state index is 0.0384. The third-order valence-electron chi connectivity index (χ3n) is 4.47. The van der Waals surface area contributed by atoms with Gasteiger partial charge >= 0.3 is 0 Å². The zero-order valence-corrected chi connectivity index (χ0v) is 15.4. The van der Waals surface area contributed by atoms with Crippen LogP contribution in [-0.2, 0) is 16.1 Å². The van der Waals surface area contributed by atoms with Gasteiger partial charge in [-0.3, -0.25) is 9.69 Å². The van der Waals surface area contributed by atoms with E-state index in [0.29, 0.717) is 18.3 Å². The average molecular weight is 363 g/mol. The Morgan fingerprint density at radius 2 is 2.44 bits per heavy atom. The molecule has 2 aromatic rings. The first kappa shape index (κ1) is 18.1. The van der Waals surface area contributed by atoms with Crippen LogP contribution in [0, 0.1) is 0 Å². The fourth-order valence-corrected chi connectivity index (χ4v) is 3.72. The maximum Gasteiger partial charge on any atom is 0.246 e. The Balaban J connectivity index is 1.31. The van der Waals surface area contributed by atoms with Crippen molar-refractivity contribution in [3.8, 4) is 10.6 Å². The van der Waals surface area contributed by atoms with Crippen LogP contribution >= 0.6 is 11.3 Å². The van der Waals surface area contributed by atoms with Crippen molar-refractivity contribution in [3.63, 3.8) is 0 Å². The Morgan fingerprint density at radius 1 is 1.52 bits per heavy atom. The Morgan fingerprint density at radius 3 is 3.24 bits per heavy atom.